The molecule has 2 aliphatic rings. The zero-order valence-corrected chi connectivity index (χ0v) is 24.2. The van der Waals surface area contributed by atoms with Crippen LogP contribution in [0.25, 0.3) is 10.9 Å². The number of H-pyrrole nitrogens is 1. The molecule has 41 heavy (non-hydrogen) atoms. The van der Waals surface area contributed by atoms with E-state index in [1.807, 2.05) is 24.3 Å². The van der Waals surface area contributed by atoms with E-state index in [0.29, 0.717) is 67.1 Å². The smallest absolute Gasteiger partial charge is 0.306 e. The number of amides is 2. The molecule has 0 bridgehead atoms. The summed E-state index contributed by atoms with van der Waals surface area (Å²) in [6.45, 7) is 0.806. The Labute approximate surface area is 248 Å². The van der Waals surface area contributed by atoms with Crippen molar-refractivity contribution in [2.45, 2.75) is 56.8 Å². The third-order valence-corrected chi connectivity index (χ3v) is 8.80. The molecule has 2 fully saturated rings. The Hall–Kier alpha value is -3.11. The van der Waals surface area contributed by atoms with E-state index in [1.54, 1.807) is 30.3 Å². The van der Waals surface area contributed by atoms with E-state index < -0.39 is 5.97 Å². The molecule has 1 aromatic heterocycles. The molecule has 9 nitrogen and oxygen atoms in total. The number of nitrogens with one attached hydrogen (secondary N) is 2. The van der Waals surface area contributed by atoms with Crippen LogP contribution in [0.1, 0.15) is 48.0 Å². The van der Waals surface area contributed by atoms with Gasteiger partial charge in [0, 0.05) is 35.8 Å². The van der Waals surface area contributed by atoms with E-state index in [4.69, 9.17) is 32.7 Å². The first kappa shape index (κ1) is 29.4. The van der Waals surface area contributed by atoms with Gasteiger partial charge in [-0.15, -0.1) is 0 Å². The Morgan fingerprint density at radius 2 is 1.83 bits per heavy atom. The van der Waals surface area contributed by atoms with Gasteiger partial charge in [-0.25, -0.2) is 0 Å². The number of likely N-dealkylation sites (tertiary alicyclic amines) is 1. The van der Waals surface area contributed by atoms with Gasteiger partial charge in [0.1, 0.15) is 0 Å². The van der Waals surface area contributed by atoms with Crippen LogP contribution in [0.15, 0.2) is 42.6 Å². The van der Waals surface area contributed by atoms with Gasteiger partial charge in [0.05, 0.1) is 53.5 Å². The molecule has 5 rings (SSSR count). The van der Waals surface area contributed by atoms with Crippen molar-refractivity contribution in [3.8, 4) is 0 Å². The van der Waals surface area contributed by atoms with Crippen LogP contribution in [0.2, 0.25) is 10.0 Å². The van der Waals surface area contributed by atoms with Gasteiger partial charge in [-0.2, -0.15) is 0 Å². The van der Waals surface area contributed by atoms with E-state index in [0.717, 1.165) is 10.9 Å². The first-order valence-corrected chi connectivity index (χ1v) is 14.5. The highest BCUT2D eigenvalue weighted by Crippen LogP contribution is 2.32. The number of carboxylic acids is 1. The summed E-state index contributed by atoms with van der Waals surface area (Å²) in [6.07, 6.45) is 4.82. The molecule has 11 heteroatoms. The number of para-hydroxylation sites is 1. The Bertz CT molecular complexity index is 1430. The van der Waals surface area contributed by atoms with E-state index in [1.165, 1.54) is 0 Å². The van der Waals surface area contributed by atoms with Crippen LogP contribution in [0.3, 0.4) is 0 Å². The normalized spacial score (nSPS) is 22.7. The maximum Gasteiger partial charge on any atom is 0.306 e. The van der Waals surface area contributed by atoms with Crippen molar-refractivity contribution in [1.29, 1.82) is 0 Å². The van der Waals surface area contributed by atoms with Gasteiger partial charge in [-0.1, -0.05) is 41.4 Å². The minimum Gasteiger partial charge on any atom is -0.481 e. The predicted molar refractivity (Wildman–Crippen MR) is 157 cm³/mol. The Morgan fingerprint density at radius 3 is 2.56 bits per heavy atom. The monoisotopic (exact) mass is 601 g/mol. The number of halogens is 2. The predicted octanol–water partition coefficient (Wildman–Crippen LogP) is 5.55. The Balaban J connectivity index is 1.22. The molecule has 1 aliphatic heterocycles. The molecule has 218 valence electrons. The second kappa shape index (κ2) is 12.8. The maximum atomic E-state index is 13.4. The van der Waals surface area contributed by atoms with Crippen LogP contribution in [-0.2, 0) is 25.5 Å². The molecule has 0 spiro atoms. The highest BCUT2D eigenvalue weighted by molar-refractivity contribution is 6.36. The Morgan fingerprint density at radius 1 is 1.07 bits per heavy atom. The summed E-state index contributed by atoms with van der Waals surface area (Å²) in [5.74, 6) is -1.50. The molecule has 3 N–H and O–H groups in total. The van der Waals surface area contributed by atoms with Crippen molar-refractivity contribution in [3.05, 3.63) is 63.8 Å². The zero-order valence-electron chi connectivity index (χ0n) is 22.7. The van der Waals surface area contributed by atoms with E-state index >= 15 is 0 Å². The summed E-state index contributed by atoms with van der Waals surface area (Å²) in [5.41, 5.74) is 2.24. The number of hydrogen-bond donors (Lipinski definition) is 3. The summed E-state index contributed by atoms with van der Waals surface area (Å²) in [4.78, 5) is 42.5. The van der Waals surface area contributed by atoms with Crippen LogP contribution < -0.4 is 5.32 Å². The van der Waals surface area contributed by atoms with Crippen molar-refractivity contribution in [1.82, 2.24) is 9.88 Å². The average molecular weight is 603 g/mol. The van der Waals surface area contributed by atoms with E-state index in [9.17, 15) is 19.5 Å². The second-order valence-electron chi connectivity index (χ2n) is 10.7. The van der Waals surface area contributed by atoms with Crippen molar-refractivity contribution in [2.24, 2.45) is 5.92 Å². The summed E-state index contributed by atoms with van der Waals surface area (Å²) in [5, 5.41) is 13.4. The molecule has 0 unspecified atom stereocenters. The number of anilines is 1. The number of nitrogens with zero attached hydrogens (tertiary/aromatic N) is 1. The quantitative estimate of drug-likeness (QED) is 0.296. The lowest BCUT2D eigenvalue weighted by molar-refractivity contribution is -0.144. The van der Waals surface area contributed by atoms with E-state index in [-0.39, 0.29) is 47.4 Å². The van der Waals surface area contributed by atoms with E-state index in [2.05, 4.69) is 10.3 Å². The molecular weight excluding hydrogens is 569 g/mol. The summed E-state index contributed by atoms with van der Waals surface area (Å²) in [7, 11) is 1.63. The number of aromatic amines is 1. The number of methoxy groups -OCH3 is 1. The van der Waals surface area contributed by atoms with Crippen molar-refractivity contribution < 1.29 is 29.0 Å². The number of hydrogen-bond acceptors (Lipinski definition) is 5. The lowest BCUT2D eigenvalue weighted by Gasteiger charge is -2.30. The number of aromatic nitrogens is 1. The van der Waals surface area contributed by atoms with Crippen molar-refractivity contribution in [2.75, 3.05) is 25.6 Å². The lowest BCUT2D eigenvalue weighted by atomic mass is 9.87. The molecule has 3 aromatic rings. The molecule has 2 atom stereocenters. The SMILES string of the molecule is CO[C@H]1C[C@@H](CO[C@H]2CC[C@H](C(=O)O)CC2)N(C(=O)Cc2cc(Cl)c(NC(=O)c3c[nH]c4ccccc34)cc2Cl)C1. The fourth-order valence-electron chi connectivity index (χ4n) is 5.76. The summed E-state index contributed by atoms with van der Waals surface area (Å²) in [6, 6.07) is 10.5. The number of carbonyl (C=O) groups excluding carboxylic acids is 2. The average Bonchev–Trinajstić information content (AvgIpc) is 3.59. The lowest BCUT2D eigenvalue weighted by Crippen LogP contribution is -2.40. The number of fused-ring (bicyclic) bond motifs is 1. The van der Waals surface area contributed by atoms with Crippen molar-refractivity contribution in [3.63, 3.8) is 0 Å². The molecule has 1 saturated carbocycles. The minimum atomic E-state index is -0.748. The summed E-state index contributed by atoms with van der Waals surface area (Å²) >= 11 is 13.1. The minimum absolute atomic E-state index is 0.00981. The molecule has 2 amide bonds. The fraction of sp³-hybridized carbons (Fsp3) is 0.433. The maximum absolute atomic E-state index is 13.4. The van der Waals surface area contributed by atoms with Crippen LogP contribution in [0, 0.1) is 5.92 Å². The number of carbonyl (C=O) groups is 3. The molecule has 2 heterocycles. The van der Waals surface area contributed by atoms with Crippen LogP contribution >= 0.6 is 23.2 Å². The zero-order chi connectivity index (χ0) is 29.1. The largest absolute Gasteiger partial charge is 0.481 e. The molecular formula is C30H33Cl2N3O6. The molecule has 2 aromatic carbocycles. The molecule has 1 saturated heterocycles. The van der Waals surface area contributed by atoms with Crippen LogP contribution in [0.4, 0.5) is 5.69 Å². The third kappa shape index (κ3) is 6.70. The van der Waals surface area contributed by atoms with Crippen LogP contribution in [-0.4, -0.2) is 71.3 Å². The second-order valence-corrected chi connectivity index (χ2v) is 11.6. The van der Waals surface area contributed by atoms with Gasteiger partial charge in [0.25, 0.3) is 5.91 Å². The third-order valence-electron chi connectivity index (χ3n) is 8.14. The number of aliphatic carboxylic acids is 1. The molecule has 1 aliphatic carbocycles. The number of rotatable bonds is 9. The van der Waals surface area contributed by atoms with Gasteiger partial charge >= 0.3 is 5.97 Å². The first-order valence-electron chi connectivity index (χ1n) is 13.8. The van der Waals surface area contributed by atoms with Gasteiger partial charge in [0.2, 0.25) is 5.91 Å². The highest BCUT2D eigenvalue weighted by atomic mass is 35.5. The van der Waals surface area contributed by atoms with Crippen molar-refractivity contribution >= 4 is 57.6 Å². The van der Waals surface area contributed by atoms with Gasteiger partial charge in [-0.3, -0.25) is 14.4 Å². The highest BCUT2D eigenvalue weighted by Gasteiger charge is 2.36. The summed E-state index contributed by atoms with van der Waals surface area (Å²) < 4.78 is 11.7. The van der Waals surface area contributed by atoms with Gasteiger partial charge in [-0.05, 0) is 55.9 Å². The fourth-order valence-corrected chi connectivity index (χ4v) is 6.23. The number of carboxylic acid groups (broad SMARTS) is 1. The van der Waals surface area contributed by atoms with Crippen LogP contribution in [0.5, 0.6) is 0 Å². The molecule has 0 radical (unpaired) electrons. The van der Waals surface area contributed by atoms with Gasteiger partial charge in [0.15, 0.2) is 0 Å². The standard InChI is InChI=1S/C30H33Cl2N3O6/c1-40-21-12-19(16-41-20-8-6-17(7-9-20)30(38)39)35(15-21)28(36)11-18-10-25(32)27(13-24(18)31)34-29(37)23-14-33-26-5-3-2-4-22(23)26/h2-5,10,13-14,17,19-21,33H,6-9,11-12,15-16H2,1H3,(H,34,37)(H,38,39)/t17-,19-,20-,21-/m0/s1. The number of ether oxygens (including phenoxy) is 2. The number of benzene rings is 2. The van der Waals surface area contributed by atoms with Gasteiger partial charge < -0.3 is 29.8 Å². The topological polar surface area (TPSA) is 121 Å². The Kier molecular flexibility index (Phi) is 9.19. The first-order chi connectivity index (χ1) is 19.7.